The first-order valence-electron chi connectivity index (χ1n) is 5.96. The van der Waals surface area contributed by atoms with Crippen molar-refractivity contribution in [1.82, 2.24) is 5.32 Å². The van der Waals surface area contributed by atoms with E-state index in [1.54, 1.807) is 12.1 Å². The number of hydrogen-bond donors (Lipinski definition) is 2. The topological polar surface area (TPSA) is 66.4 Å². The van der Waals surface area contributed by atoms with Gasteiger partial charge < -0.3 is 5.11 Å². The van der Waals surface area contributed by atoms with Crippen LogP contribution < -0.4 is 5.32 Å². The predicted octanol–water partition coefficient (Wildman–Crippen LogP) is 3.20. The predicted molar refractivity (Wildman–Crippen MR) is 81.9 cm³/mol. The van der Waals surface area contributed by atoms with Crippen molar-refractivity contribution in [2.45, 2.75) is 11.7 Å². The Bertz CT molecular complexity index is 732. The summed E-state index contributed by atoms with van der Waals surface area (Å²) in [6.45, 7) is 0. The number of carbonyl (C=O) groups excluding carboxylic acids is 2. The Labute approximate surface area is 127 Å². The van der Waals surface area contributed by atoms with E-state index in [2.05, 4.69) is 21.2 Å². The summed E-state index contributed by atoms with van der Waals surface area (Å²) >= 11 is 4.57. The molecule has 2 N–H and O–H groups in total. The van der Waals surface area contributed by atoms with Gasteiger partial charge in [0.1, 0.15) is 5.75 Å². The smallest absolute Gasteiger partial charge is 0.286 e. The molecule has 2 aromatic carbocycles. The lowest BCUT2D eigenvalue weighted by Gasteiger charge is -2.10. The number of phenolic OH excluding ortho intramolecular Hbond substituents is 1. The highest BCUT2D eigenvalue weighted by Crippen LogP contribution is 2.33. The van der Waals surface area contributed by atoms with E-state index in [9.17, 15) is 14.7 Å². The molecule has 1 unspecified atom stereocenters. The van der Waals surface area contributed by atoms with Crippen molar-refractivity contribution in [3.8, 4) is 5.75 Å². The first-order valence-corrected chi connectivity index (χ1v) is 7.63. The lowest BCUT2D eigenvalue weighted by atomic mass is 10.0. The minimum absolute atomic E-state index is 0.216. The maximum atomic E-state index is 11.6. The Morgan fingerprint density at radius 2 is 2.05 bits per heavy atom. The molecule has 1 aliphatic rings. The first kappa shape index (κ1) is 13.5. The lowest BCUT2D eigenvalue weighted by molar-refractivity contribution is -0.118. The van der Waals surface area contributed by atoms with Crippen molar-refractivity contribution in [3.63, 3.8) is 0 Å². The van der Waals surface area contributed by atoms with Crippen LogP contribution in [-0.2, 0) is 11.2 Å². The molecule has 102 valence electrons. The van der Waals surface area contributed by atoms with Gasteiger partial charge in [0.15, 0.2) is 0 Å². The standard InChI is InChI=1S/C14H10BrNO3S/c15-12-8(6-11-13(18)16-14(19)20-11)2-1-7-5-9(17)3-4-10(7)12/h1-5,11,17H,6H2,(H,16,18,19). The van der Waals surface area contributed by atoms with Crippen molar-refractivity contribution in [2.75, 3.05) is 0 Å². The Hall–Kier alpha value is -1.53. The quantitative estimate of drug-likeness (QED) is 0.871. The van der Waals surface area contributed by atoms with Crippen LogP contribution in [0.1, 0.15) is 5.56 Å². The summed E-state index contributed by atoms with van der Waals surface area (Å²) in [5, 5.41) is 13.0. The highest BCUT2D eigenvalue weighted by molar-refractivity contribution is 9.10. The third kappa shape index (κ3) is 2.41. The molecule has 2 aromatic rings. The second-order valence-corrected chi connectivity index (χ2v) is 6.50. The summed E-state index contributed by atoms with van der Waals surface area (Å²) in [4.78, 5) is 22.8. The molecular formula is C14H10BrNO3S. The SMILES string of the molecule is O=C1NC(=O)C(Cc2ccc3cc(O)ccc3c2Br)S1. The number of hydrogen-bond acceptors (Lipinski definition) is 4. The van der Waals surface area contributed by atoms with Crippen LogP contribution >= 0.6 is 27.7 Å². The Balaban J connectivity index is 1.96. The van der Waals surface area contributed by atoms with Gasteiger partial charge in [0.2, 0.25) is 5.91 Å². The van der Waals surface area contributed by atoms with Crippen molar-refractivity contribution >= 4 is 49.6 Å². The summed E-state index contributed by atoms with van der Waals surface area (Å²) in [5.74, 6) is -0.0221. The molecule has 2 amide bonds. The van der Waals surface area contributed by atoms with Crippen molar-refractivity contribution in [3.05, 3.63) is 40.4 Å². The number of imide groups is 1. The number of carbonyl (C=O) groups is 2. The normalized spacial score (nSPS) is 18.6. The molecule has 0 saturated carbocycles. The zero-order chi connectivity index (χ0) is 14.3. The fraction of sp³-hybridized carbons (Fsp3) is 0.143. The van der Waals surface area contributed by atoms with Crippen molar-refractivity contribution in [1.29, 1.82) is 0 Å². The summed E-state index contributed by atoms with van der Waals surface area (Å²) < 4.78 is 0.891. The van der Waals surface area contributed by atoms with Gasteiger partial charge in [-0.1, -0.05) is 23.9 Å². The Morgan fingerprint density at radius 3 is 2.75 bits per heavy atom. The van der Waals surface area contributed by atoms with Crippen LogP contribution in [-0.4, -0.2) is 21.5 Å². The first-order chi connectivity index (χ1) is 9.54. The van der Waals surface area contributed by atoms with Crippen LogP contribution in [0, 0.1) is 0 Å². The fourth-order valence-electron chi connectivity index (χ4n) is 2.21. The largest absolute Gasteiger partial charge is 0.508 e. The van der Waals surface area contributed by atoms with E-state index < -0.39 is 0 Å². The van der Waals surface area contributed by atoms with E-state index in [0.29, 0.717) is 6.42 Å². The lowest BCUT2D eigenvalue weighted by Crippen LogP contribution is -2.25. The van der Waals surface area contributed by atoms with E-state index in [1.165, 1.54) is 0 Å². The van der Waals surface area contributed by atoms with E-state index in [1.807, 2.05) is 18.2 Å². The van der Waals surface area contributed by atoms with E-state index >= 15 is 0 Å². The van der Waals surface area contributed by atoms with Crippen LogP contribution in [0.3, 0.4) is 0 Å². The van der Waals surface area contributed by atoms with E-state index in [0.717, 1.165) is 32.6 Å². The molecule has 1 aliphatic heterocycles. The molecule has 20 heavy (non-hydrogen) atoms. The summed E-state index contributed by atoms with van der Waals surface area (Å²) in [7, 11) is 0. The number of rotatable bonds is 2. The van der Waals surface area contributed by atoms with Gasteiger partial charge >= 0.3 is 0 Å². The number of phenols is 1. The summed E-state index contributed by atoms with van der Waals surface area (Å²) in [6, 6.07) is 8.93. The maximum absolute atomic E-state index is 11.6. The molecule has 3 rings (SSSR count). The molecule has 0 aliphatic carbocycles. The molecule has 0 radical (unpaired) electrons. The Kier molecular flexibility index (Phi) is 3.43. The van der Waals surface area contributed by atoms with Gasteiger partial charge in [0, 0.05) is 4.47 Å². The van der Waals surface area contributed by atoms with Crippen LogP contribution in [0.25, 0.3) is 10.8 Å². The van der Waals surface area contributed by atoms with Gasteiger partial charge in [0.05, 0.1) is 5.25 Å². The van der Waals surface area contributed by atoms with Crippen LogP contribution in [0.15, 0.2) is 34.8 Å². The minimum Gasteiger partial charge on any atom is -0.508 e. The fourth-order valence-corrected chi connectivity index (χ4v) is 3.71. The molecule has 0 aromatic heterocycles. The van der Waals surface area contributed by atoms with E-state index in [4.69, 9.17) is 0 Å². The van der Waals surface area contributed by atoms with Crippen molar-refractivity contribution in [2.24, 2.45) is 0 Å². The van der Waals surface area contributed by atoms with Gasteiger partial charge in [-0.15, -0.1) is 0 Å². The third-order valence-electron chi connectivity index (χ3n) is 3.19. The minimum atomic E-state index is -0.381. The average molecular weight is 352 g/mol. The van der Waals surface area contributed by atoms with Gasteiger partial charge in [-0.3, -0.25) is 14.9 Å². The third-order valence-corrected chi connectivity index (χ3v) is 5.11. The molecule has 1 heterocycles. The number of halogens is 1. The Morgan fingerprint density at radius 1 is 1.25 bits per heavy atom. The molecule has 4 nitrogen and oxygen atoms in total. The van der Waals surface area contributed by atoms with Crippen LogP contribution in [0.5, 0.6) is 5.75 Å². The zero-order valence-corrected chi connectivity index (χ0v) is 12.6. The average Bonchev–Trinajstić information content (AvgIpc) is 2.71. The molecular weight excluding hydrogens is 342 g/mol. The van der Waals surface area contributed by atoms with Crippen LogP contribution in [0.4, 0.5) is 4.79 Å². The second-order valence-electron chi connectivity index (χ2n) is 4.53. The summed E-state index contributed by atoms with van der Waals surface area (Å²) in [5.41, 5.74) is 0.963. The molecule has 1 fully saturated rings. The molecule has 0 bridgehead atoms. The van der Waals surface area contributed by atoms with Gasteiger partial charge in [-0.05, 0) is 56.9 Å². The number of nitrogens with one attached hydrogen (secondary N) is 1. The molecule has 1 atom stereocenters. The van der Waals surface area contributed by atoms with Crippen molar-refractivity contribution < 1.29 is 14.7 Å². The monoisotopic (exact) mass is 351 g/mol. The highest BCUT2D eigenvalue weighted by atomic mass is 79.9. The van der Waals surface area contributed by atoms with E-state index in [-0.39, 0.29) is 22.1 Å². The zero-order valence-electron chi connectivity index (χ0n) is 10.2. The van der Waals surface area contributed by atoms with Crippen LogP contribution in [0.2, 0.25) is 0 Å². The van der Waals surface area contributed by atoms with Gasteiger partial charge in [0.25, 0.3) is 5.24 Å². The molecule has 1 saturated heterocycles. The second kappa shape index (κ2) is 5.10. The van der Waals surface area contributed by atoms with Gasteiger partial charge in [-0.25, -0.2) is 0 Å². The number of fused-ring (bicyclic) bond motifs is 1. The summed E-state index contributed by atoms with van der Waals surface area (Å²) in [6.07, 6.45) is 0.486. The van der Waals surface area contributed by atoms with Gasteiger partial charge in [-0.2, -0.15) is 0 Å². The number of thioether (sulfide) groups is 1. The number of benzene rings is 2. The highest BCUT2D eigenvalue weighted by Gasteiger charge is 2.32. The maximum Gasteiger partial charge on any atom is 0.286 e. The number of amides is 2. The molecule has 0 spiro atoms. The molecule has 6 heteroatoms. The number of aromatic hydroxyl groups is 1.